The van der Waals surface area contributed by atoms with Gasteiger partial charge in [0.2, 0.25) is 30.3 Å². The number of nitrogens with one attached hydrogen (secondary N) is 3. The highest BCUT2D eigenvalue weighted by atomic mass is 16.4. The van der Waals surface area contributed by atoms with Gasteiger partial charge >= 0.3 is 23.9 Å². The average Bonchev–Trinajstić information content (AvgIpc) is 2.66. The SMILES string of the molecule is NC1=NC(NC(C(=O)O)C(=O)O)=NC(NC(C(=O)O)C(=O)O)N1Nc1ccccc1. The first-order valence-electron chi connectivity index (χ1n) is 8.07. The topological polar surface area (TPSA) is 239 Å². The van der Waals surface area contributed by atoms with E-state index in [-0.39, 0.29) is 0 Å². The summed E-state index contributed by atoms with van der Waals surface area (Å²) in [7, 11) is 0. The summed E-state index contributed by atoms with van der Waals surface area (Å²) in [4.78, 5) is 52.2. The molecule has 1 unspecified atom stereocenters. The summed E-state index contributed by atoms with van der Waals surface area (Å²) in [5.41, 5.74) is 9.02. The van der Waals surface area contributed by atoms with Gasteiger partial charge in [0.25, 0.3) is 0 Å². The van der Waals surface area contributed by atoms with E-state index in [2.05, 4.69) is 20.7 Å². The molecule has 30 heavy (non-hydrogen) atoms. The lowest BCUT2D eigenvalue weighted by molar-refractivity contribution is -0.153. The van der Waals surface area contributed by atoms with Crippen molar-refractivity contribution in [3.63, 3.8) is 0 Å². The van der Waals surface area contributed by atoms with Gasteiger partial charge in [-0.3, -0.25) is 10.7 Å². The predicted molar refractivity (Wildman–Crippen MR) is 99.1 cm³/mol. The average molecular weight is 423 g/mol. The maximum absolute atomic E-state index is 11.2. The van der Waals surface area contributed by atoms with Gasteiger partial charge in [0, 0.05) is 0 Å². The van der Waals surface area contributed by atoms with Gasteiger partial charge in [-0.05, 0) is 12.1 Å². The van der Waals surface area contributed by atoms with Crippen molar-refractivity contribution in [2.45, 2.75) is 18.4 Å². The Balaban J connectivity index is 2.37. The Morgan fingerprint density at radius 2 is 1.47 bits per heavy atom. The van der Waals surface area contributed by atoms with Gasteiger partial charge in [0.05, 0.1) is 5.69 Å². The molecule has 1 heterocycles. The highest BCUT2D eigenvalue weighted by molar-refractivity contribution is 6.04. The van der Waals surface area contributed by atoms with Crippen LogP contribution in [-0.2, 0) is 19.2 Å². The number of carbonyl (C=O) groups is 4. The molecule has 0 aliphatic carbocycles. The van der Waals surface area contributed by atoms with Crippen LogP contribution in [0.1, 0.15) is 0 Å². The molecule has 1 aromatic carbocycles. The summed E-state index contributed by atoms with van der Waals surface area (Å²) in [6, 6.07) is 4.01. The van der Waals surface area contributed by atoms with Crippen LogP contribution in [-0.4, -0.2) is 79.6 Å². The number of hydrazine groups is 1. The molecule has 0 aromatic heterocycles. The minimum atomic E-state index is -2.13. The zero-order valence-electron chi connectivity index (χ0n) is 15.0. The van der Waals surface area contributed by atoms with Crippen LogP contribution in [0.3, 0.4) is 0 Å². The number of carboxylic acid groups (broad SMARTS) is 4. The van der Waals surface area contributed by atoms with Crippen LogP contribution in [0.25, 0.3) is 0 Å². The Morgan fingerprint density at radius 1 is 0.933 bits per heavy atom. The number of anilines is 1. The lowest BCUT2D eigenvalue weighted by Crippen LogP contribution is -2.62. The van der Waals surface area contributed by atoms with Crippen LogP contribution in [0.5, 0.6) is 0 Å². The van der Waals surface area contributed by atoms with E-state index in [9.17, 15) is 19.2 Å². The molecule has 0 radical (unpaired) electrons. The van der Waals surface area contributed by atoms with Crippen molar-refractivity contribution >= 4 is 41.5 Å². The fraction of sp³-hybridized carbons (Fsp3) is 0.200. The van der Waals surface area contributed by atoms with Gasteiger partial charge in [0.15, 0.2) is 0 Å². The molecule has 1 atom stereocenters. The maximum atomic E-state index is 11.2. The fourth-order valence-corrected chi connectivity index (χ4v) is 2.20. The van der Waals surface area contributed by atoms with Crippen molar-refractivity contribution in [1.82, 2.24) is 15.6 Å². The van der Waals surface area contributed by atoms with E-state index in [1.807, 2.05) is 5.32 Å². The van der Waals surface area contributed by atoms with Gasteiger partial charge in [0.1, 0.15) is 0 Å². The summed E-state index contributed by atoms with van der Waals surface area (Å²) in [5.74, 6) is -7.92. The highest BCUT2D eigenvalue weighted by Crippen LogP contribution is 2.12. The number of nitrogens with zero attached hydrogens (tertiary/aromatic N) is 3. The van der Waals surface area contributed by atoms with Gasteiger partial charge in [-0.15, -0.1) is 0 Å². The van der Waals surface area contributed by atoms with E-state index in [0.717, 1.165) is 5.01 Å². The van der Waals surface area contributed by atoms with Crippen LogP contribution >= 0.6 is 0 Å². The van der Waals surface area contributed by atoms with Crippen molar-refractivity contribution in [1.29, 1.82) is 0 Å². The molecule has 2 rings (SSSR count). The molecule has 0 amide bonds. The monoisotopic (exact) mass is 423 g/mol. The molecule has 0 saturated carbocycles. The van der Waals surface area contributed by atoms with Crippen molar-refractivity contribution in [2.75, 3.05) is 5.43 Å². The second-order valence-electron chi connectivity index (χ2n) is 5.67. The normalized spacial score (nSPS) is 15.9. The van der Waals surface area contributed by atoms with Crippen LogP contribution in [0.4, 0.5) is 5.69 Å². The Morgan fingerprint density at radius 3 is 1.97 bits per heavy atom. The number of guanidine groups is 2. The molecule has 15 heteroatoms. The summed E-state index contributed by atoms with van der Waals surface area (Å²) in [5, 5.41) is 41.4. The molecule has 0 bridgehead atoms. The van der Waals surface area contributed by atoms with Gasteiger partial charge < -0.3 is 31.5 Å². The molecule has 15 nitrogen and oxygen atoms in total. The molecule has 9 N–H and O–H groups in total. The molecule has 1 aliphatic heterocycles. The Labute approximate surface area is 167 Å². The number of hydrogen-bond acceptors (Lipinski definition) is 11. The van der Waals surface area contributed by atoms with E-state index >= 15 is 0 Å². The minimum Gasteiger partial charge on any atom is -0.480 e. The summed E-state index contributed by atoms with van der Waals surface area (Å²) >= 11 is 0. The summed E-state index contributed by atoms with van der Waals surface area (Å²) < 4.78 is 0. The van der Waals surface area contributed by atoms with E-state index in [0.29, 0.717) is 5.69 Å². The standard InChI is InChI=1S/C15H17N7O8/c16-13-19-14(17-7(9(23)24)10(25)26)20-15(18-8(11(27)28)12(29)30)22(13)21-6-4-2-1-3-5-6/h1-5,7-8,15,18,21H,(H,23,24)(H,25,26)(H,27,28)(H,29,30)(H3,16,17,19,20). The fourth-order valence-electron chi connectivity index (χ4n) is 2.20. The quantitative estimate of drug-likeness (QED) is 0.192. The van der Waals surface area contributed by atoms with Crippen LogP contribution in [0.15, 0.2) is 40.3 Å². The van der Waals surface area contributed by atoms with Crippen molar-refractivity contribution < 1.29 is 39.6 Å². The van der Waals surface area contributed by atoms with Crippen LogP contribution in [0.2, 0.25) is 0 Å². The molecule has 0 fully saturated rings. The summed E-state index contributed by atoms with van der Waals surface area (Å²) in [6.45, 7) is 0. The van der Waals surface area contributed by atoms with Crippen molar-refractivity contribution in [3.8, 4) is 0 Å². The zero-order chi connectivity index (χ0) is 22.4. The number of para-hydroxylation sites is 1. The first-order valence-corrected chi connectivity index (χ1v) is 8.07. The third-order valence-electron chi connectivity index (χ3n) is 3.56. The molecule has 0 spiro atoms. The van der Waals surface area contributed by atoms with E-state index in [1.54, 1.807) is 30.3 Å². The van der Waals surface area contributed by atoms with E-state index in [4.69, 9.17) is 26.2 Å². The number of aliphatic carboxylic acids is 4. The molecule has 1 aromatic rings. The van der Waals surface area contributed by atoms with Gasteiger partial charge in [-0.25, -0.2) is 29.2 Å². The molecular weight excluding hydrogens is 406 g/mol. The minimum absolute atomic E-state index is 0.391. The molecule has 160 valence electrons. The Hall–Kier alpha value is -4.40. The largest absolute Gasteiger partial charge is 0.480 e. The molecular formula is C15H17N7O8. The maximum Gasteiger partial charge on any atom is 0.338 e. The number of rotatable bonds is 9. The van der Waals surface area contributed by atoms with Gasteiger partial charge in [-0.1, -0.05) is 18.2 Å². The second kappa shape index (κ2) is 9.20. The lowest BCUT2D eigenvalue weighted by atomic mass is 10.3. The van der Waals surface area contributed by atoms with E-state index < -0.39 is 54.2 Å². The van der Waals surface area contributed by atoms with Crippen molar-refractivity contribution in [2.24, 2.45) is 15.7 Å². The first-order chi connectivity index (χ1) is 14.1. The van der Waals surface area contributed by atoms with Gasteiger partial charge in [-0.2, -0.15) is 4.99 Å². The van der Waals surface area contributed by atoms with Crippen LogP contribution < -0.4 is 21.8 Å². The number of nitrogens with two attached hydrogens (primary N) is 1. The highest BCUT2D eigenvalue weighted by Gasteiger charge is 2.35. The van der Waals surface area contributed by atoms with Crippen LogP contribution in [0, 0.1) is 0 Å². The number of benzene rings is 1. The number of hydrogen-bond donors (Lipinski definition) is 8. The zero-order valence-corrected chi connectivity index (χ0v) is 15.0. The molecule has 1 aliphatic rings. The predicted octanol–water partition coefficient (Wildman–Crippen LogP) is -2.46. The smallest absolute Gasteiger partial charge is 0.338 e. The number of aliphatic imine (C=N–C) groups is 2. The Kier molecular flexibility index (Phi) is 6.71. The second-order valence-corrected chi connectivity index (χ2v) is 5.67. The van der Waals surface area contributed by atoms with Crippen molar-refractivity contribution in [3.05, 3.63) is 30.3 Å². The Bertz CT molecular complexity index is 876. The lowest BCUT2D eigenvalue weighted by Gasteiger charge is -2.34. The third kappa shape index (κ3) is 5.32. The summed E-state index contributed by atoms with van der Waals surface area (Å²) in [6.07, 6.45) is -1.52. The van der Waals surface area contributed by atoms with E-state index in [1.165, 1.54) is 0 Å². The first kappa shape index (κ1) is 21.9. The third-order valence-corrected chi connectivity index (χ3v) is 3.56. The molecule has 0 saturated heterocycles. The number of carboxylic acids is 4.